The highest BCUT2D eigenvalue weighted by Crippen LogP contribution is 2.31. The molecule has 0 atom stereocenters. The predicted molar refractivity (Wildman–Crippen MR) is 108 cm³/mol. The lowest BCUT2D eigenvalue weighted by Crippen LogP contribution is -2.12. The molecule has 0 radical (unpaired) electrons. The van der Waals surface area contributed by atoms with Crippen molar-refractivity contribution in [3.05, 3.63) is 64.8 Å². The summed E-state index contributed by atoms with van der Waals surface area (Å²) in [7, 11) is 0. The maximum absolute atomic E-state index is 12.9. The van der Waals surface area contributed by atoms with Crippen molar-refractivity contribution in [1.29, 1.82) is 0 Å². The minimum atomic E-state index is -0.0458. The van der Waals surface area contributed by atoms with Crippen molar-refractivity contribution in [2.45, 2.75) is 51.9 Å². The highest BCUT2D eigenvalue weighted by Gasteiger charge is 2.19. The number of carbonyl (C=O) groups is 1. The summed E-state index contributed by atoms with van der Waals surface area (Å²) in [6.07, 6.45) is 8.16. The second-order valence-corrected chi connectivity index (χ2v) is 7.27. The zero-order valence-electron chi connectivity index (χ0n) is 15.4. The number of aromatic nitrogens is 1. The van der Waals surface area contributed by atoms with Crippen LogP contribution in [-0.2, 0) is 19.3 Å². The number of carbonyl (C=O) groups excluding carboxylic acids is 1. The molecule has 0 bridgehead atoms. The summed E-state index contributed by atoms with van der Waals surface area (Å²) in [5.74, 6) is -0.0458. The summed E-state index contributed by atoms with van der Waals surface area (Å²) in [5.41, 5.74) is 6.60. The Bertz CT molecular complexity index is 921. The van der Waals surface area contributed by atoms with Crippen LogP contribution in [0.5, 0.6) is 0 Å². The fourth-order valence-corrected chi connectivity index (χ4v) is 3.95. The molecule has 2 aromatic carbocycles. The number of hydrogen-bond donors (Lipinski definition) is 2. The Morgan fingerprint density at radius 2 is 1.88 bits per heavy atom. The monoisotopic (exact) mass is 346 g/mol. The van der Waals surface area contributed by atoms with Gasteiger partial charge < -0.3 is 10.3 Å². The third-order valence-corrected chi connectivity index (χ3v) is 5.41. The van der Waals surface area contributed by atoms with Crippen molar-refractivity contribution in [2.75, 3.05) is 5.32 Å². The predicted octanol–water partition coefficient (Wildman–Crippen LogP) is 5.64. The van der Waals surface area contributed by atoms with Crippen LogP contribution in [0.1, 0.15) is 59.8 Å². The number of para-hydroxylation sites is 1. The van der Waals surface area contributed by atoms with Gasteiger partial charge in [-0.05, 0) is 67.9 Å². The maximum atomic E-state index is 12.9. The average molecular weight is 346 g/mol. The minimum Gasteiger partial charge on any atom is -0.358 e. The molecule has 0 saturated carbocycles. The first-order valence-electron chi connectivity index (χ1n) is 9.79. The highest BCUT2D eigenvalue weighted by atomic mass is 16.1. The van der Waals surface area contributed by atoms with Crippen LogP contribution >= 0.6 is 0 Å². The summed E-state index contributed by atoms with van der Waals surface area (Å²) >= 11 is 0. The van der Waals surface area contributed by atoms with Crippen LogP contribution in [0.25, 0.3) is 10.9 Å². The third-order valence-electron chi connectivity index (χ3n) is 5.41. The van der Waals surface area contributed by atoms with E-state index >= 15 is 0 Å². The Hall–Kier alpha value is -2.55. The van der Waals surface area contributed by atoms with Crippen molar-refractivity contribution in [1.82, 2.24) is 4.98 Å². The molecule has 0 unspecified atom stereocenters. The fraction of sp³-hybridized carbons (Fsp3) is 0.348. The van der Waals surface area contributed by atoms with Gasteiger partial charge in [-0.1, -0.05) is 37.6 Å². The summed E-state index contributed by atoms with van der Waals surface area (Å²) in [6.45, 7) is 2.20. The lowest BCUT2D eigenvalue weighted by Gasteiger charge is -2.10. The number of amides is 1. The Kier molecular flexibility index (Phi) is 4.79. The van der Waals surface area contributed by atoms with Crippen LogP contribution in [0.15, 0.2) is 42.5 Å². The first kappa shape index (κ1) is 16.9. The van der Waals surface area contributed by atoms with Gasteiger partial charge in [-0.15, -0.1) is 0 Å². The van der Waals surface area contributed by atoms with E-state index in [2.05, 4.69) is 35.4 Å². The highest BCUT2D eigenvalue weighted by molar-refractivity contribution is 6.12. The molecular formula is C23H26N2O. The van der Waals surface area contributed by atoms with Crippen molar-refractivity contribution in [3.63, 3.8) is 0 Å². The van der Waals surface area contributed by atoms with Gasteiger partial charge in [-0.3, -0.25) is 4.79 Å². The van der Waals surface area contributed by atoms with Crippen LogP contribution < -0.4 is 5.32 Å². The van der Waals surface area contributed by atoms with Gasteiger partial charge in [-0.2, -0.15) is 0 Å². The van der Waals surface area contributed by atoms with E-state index in [0.29, 0.717) is 0 Å². The van der Waals surface area contributed by atoms with Gasteiger partial charge in [0.25, 0.3) is 5.91 Å². The van der Waals surface area contributed by atoms with Gasteiger partial charge in [0, 0.05) is 16.8 Å². The molecule has 2 N–H and O–H groups in total. The van der Waals surface area contributed by atoms with E-state index in [1.807, 2.05) is 24.3 Å². The van der Waals surface area contributed by atoms with Crippen LogP contribution in [0.3, 0.4) is 0 Å². The molecule has 3 nitrogen and oxygen atoms in total. The Balaban J connectivity index is 1.57. The SMILES string of the molecule is CCCCc1ccc(NC(=O)c2cccc3c4c([nH]c23)CCCC4)cc1. The molecular weight excluding hydrogens is 320 g/mol. The molecule has 0 aliphatic heterocycles. The number of rotatable bonds is 5. The summed E-state index contributed by atoms with van der Waals surface area (Å²) in [6, 6.07) is 14.3. The Morgan fingerprint density at radius 3 is 2.69 bits per heavy atom. The van der Waals surface area contributed by atoms with E-state index < -0.39 is 0 Å². The number of anilines is 1. The van der Waals surface area contributed by atoms with Crippen LogP contribution in [0.4, 0.5) is 5.69 Å². The normalized spacial score (nSPS) is 13.6. The van der Waals surface area contributed by atoms with E-state index in [1.54, 1.807) is 0 Å². The number of hydrogen-bond acceptors (Lipinski definition) is 1. The number of benzene rings is 2. The molecule has 0 fully saturated rings. The van der Waals surface area contributed by atoms with Crippen LogP contribution in [-0.4, -0.2) is 10.9 Å². The Morgan fingerprint density at radius 1 is 1.08 bits per heavy atom. The first-order chi connectivity index (χ1) is 12.8. The number of aromatic amines is 1. The fourth-order valence-electron chi connectivity index (χ4n) is 3.95. The van der Waals surface area contributed by atoms with Gasteiger partial charge in [0.15, 0.2) is 0 Å². The molecule has 3 heteroatoms. The second kappa shape index (κ2) is 7.36. The molecule has 26 heavy (non-hydrogen) atoms. The van der Waals surface area contributed by atoms with Gasteiger partial charge in [0.1, 0.15) is 0 Å². The molecule has 134 valence electrons. The summed E-state index contributed by atoms with van der Waals surface area (Å²) < 4.78 is 0. The second-order valence-electron chi connectivity index (χ2n) is 7.27. The smallest absolute Gasteiger partial charge is 0.257 e. The number of fused-ring (bicyclic) bond motifs is 3. The summed E-state index contributed by atoms with van der Waals surface area (Å²) in [5, 5.41) is 4.27. The zero-order valence-corrected chi connectivity index (χ0v) is 15.4. The van der Waals surface area contributed by atoms with Gasteiger partial charge in [0.05, 0.1) is 11.1 Å². The van der Waals surface area contributed by atoms with Crippen molar-refractivity contribution in [2.24, 2.45) is 0 Å². The van der Waals surface area contributed by atoms with Crippen molar-refractivity contribution < 1.29 is 4.79 Å². The number of H-pyrrole nitrogens is 1. The number of aryl methyl sites for hydroxylation is 3. The average Bonchev–Trinajstić information content (AvgIpc) is 3.06. The lowest BCUT2D eigenvalue weighted by atomic mass is 9.95. The zero-order chi connectivity index (χ0) is 17.9. The molecule has 0 spiro atoms. The summed E-state index contributed by atoms with van der Waals surface area (Å²) in [4.78, 5) is 16.4. The van der Waals surface area contributed by atoms with Gasteiger partial charge >= 0.3 is 0 Å². The molecule has 4 rings (SSSR count). The van der Waals surface area contributed by atoms with E-state index in [0.717, 1.165) is 36.0 Å². The van der Waals surface area contributed by atoms with E-state index in [4.69, 9.17) is 0 Å². The van der Waals surface area contributed by atoms with Gasteiger partial charge in [-0.25, -0.2) is 0 Å². The molecule has 1 aliphatic carbocycles. The molecule has 0 saturated heterocycles. The van der Waals surface area contributed by atoms with Crippen molar-refractivity contribution in [3.8, 4) is 0 Å². The third kappa shape index (κ3) is 3.26. The number of nitrogens with one attached hydrogen (secondary N) is 2. The van der Waals surface area contributed by atoms with Crippen molar-refractivity contribution >= 4 is 22.5 Å². The van der Waals surface area contributed by atoms with E-state index in [9.17, 15) is 4.79 Å². The quantitative estimate of drug-likeness (QED) is 0.617. The molecule has 1 amide bonds. The maximum Gasteiger partial charge on any atom is 0.257 e. The molecule has 1 aromatic heterocycles. The van der Waals surface area contributed by atoms with Crippen LogP contribution in [0.2, 0.25) is 0 Å². The molecule has 3 aromatic rings. The first-order valence-corrected chi connectivity index (χ1v) is 9.79. The van der Waals surface area contributed by atoms with E-state index in [1.165, 1.54) is 47.9 Å². The standard InChI is InChI=1S/C23H26N2O/c1-2-3-7-16-12-14-17(15-13-16)24-23(26)20-10-6-9-19-18-8-4-5-11-21(18)25-22(19)20/h6,9-10,12-15,25H,2-5,7-8,11H2,1H3,(H,24,26). The number of unbranched alkanes of at least 4 members (excludes halogenated alkanes) is 1. The Labute approximate surface area is 154 Å². The largest absolute Gasteiger partial charge is 0.358 e. The van der Waals surface area contributed by atoms with Gasteiger partial charge in [0.2, 0.25) is 0 Å². The molecule has 1 heterocycles. The minimum absolute atomic E-state index is 0.0458. The van der Waals surface area contributed by atoms with E-state index in [-0.39, 0.29) is 5.91 Å². The van der Waals surface area contributed by atoms with Crippen LogP contribution in [0, 0.1) is 0 Å². The topological polar surface area (TPSA) is 44.9 Å². The molecule has 1 aliphatic rings. The lowest BCUT2D eigenvalue weighted by molar-refractivity contribution is 0.102.